The molecule has 2 nitrogen and oxygen atoms in total. The van der Waals surface area contributed by atoms with Gasteiger partial charge in [-0.15, -0.1) is 0 Å². The fourth-order valence-corrected chi connectivity index (χ4v) is 2.92. The molecular formula is C19H30N2. The van der Waals surface area contributed by atoms with E-state index in [-0.39, 0.29) is 0 Å². The van der Waals surface area contributed by atoms with Crippen LogP contribution in [0, 0.1) is 6.92 Å². The molecule has 0 atom stereocenters. The third kappa shape index (κ3) is 6.03. The molecule has 2 rings (SSSR count). The van der Waals surface area contributed by atoms with Gasteiger partial charge in [0.05, 0.1) is 0 Å². The van der Waals surface area contributed by atoms with Crippen LogP contribution in [0.25, 0.3) is 0 Å². The number of aryl methyl sites for hydroxylation is 1. The molecule has 1 heterocycles. The number of rotatable bonds is 6. The van der Waals surface area contributed by atoms with Crippen molar-refractivity contribution in [2.24, 2.45) is 0 Å². The van der Waals surface area contributed by atoms with Crippen molar-refractivity contribution in [1.82, 2.24) is 10.2 Å². The van der Waals surface area contributed by atoms with Crippen LogP contribution in [0.3, 0.4) is 0 Å². The average Bonchev–Trinajstić information content (AvgIpc) is 2.46. The van der Waals surface area contributed by atoms with Gasteiger partial charge in [-0.2, -0.15) is 0 Å². The standard InChI is InChI=1S/C19H30N2/c1-16(2)8-12-21-13-9-19(10-14-21)20-11-7-18-6-4-5-17(3)15-18/h4-6,8,15,19-20H,7,9-14H2,1-3H3. The molecule has 1 aromatic rings. The molecule has 116 valence electrons. The largest absolute Gasteiger partial charge is 0.314 e. The summed E-state index contributed by atoms with van der Waals surface area (Å²) in [5.74, 6) is 0. The lowest BCUT2D eigenvalue weighted by atomic mass is 10.0. The van der Waals surface area contributed by atoms with E-state index in [2.05, 4.69) is 61.3 Å². The number of hydrogen-bond acceptors (Lipinski definition) is 2. The minimum absolute atomic E-state index is 0.706. The van der Waals surface area contributed by atoms with Gasteiger partial charge in [0.25, 0.3) is 0 Å². The molecule has 1 fully saturated rings. The molecule has 0 unspecified atom stereocenters. The summed E-state index contributed by atoms with van der Waals surface area (Å²) in [5, 5.41) is 3.73. The molecule has 2 heteroatoms. The van der Waals surface area contributed by atoms with Crippen molar-refractivity contribution in [1.29, 1.82) is 0 Å². The molecule has 0 radical (unpaired) electrons. The molecule has 1 aliphatic rings. The Bertz CT molecular complexity index is 452. The van der Waals surface area contributed by atoms with Gasteiger partial charge >= 0.3 is 0 Å². The predicted octanol–water partition coefficient (Wildman–Crippen LogP) is 3.56. The van der Waals surface area contributed by atoms with Gasteiger partial charge in [0.2, 0.25) is 0 Å². The first-order chi connectivity index (χ1) is 10.1. The Morgan fingerprint density at radius 3 is 2.71 bits per heavy atom. The van der Waals surface area contributed by atoms with E-state index in [1.807, 2.05) is 0 Å². The van der Waals surface area contributed by atoms with E-state index in [4.69, 9.17) is 0 Å². The highest BCUT2D eigenvalue weighted by molar-refractivity contribution is 5.22. The first kappa shape index (κ1) is 16.3. The highest BCUT2D eigenvalue weighted by Gasteiger charge is 2.17. The number of nitrogens with zero attached hydrogens (tertiary/aromatic N) is 1. The summed E-state index contributed by atoms with van der Waals surface area (Å²) < 4.78 is 0. The van der Waals surface area contributed by atoms with E-state index >= 15 is 0 Å². The number of nitrogens with one attached hydrogen (secondary N) is 1. The first-order valence-electron chi connectivity index (χ1n) is 8.28. The SMILES string of the molecule is CC(C)=CCN1CCC(NCCc2cccc(C)c2)CC1. The van der Waals surface area contributed by atoms with Crippen molar-refractivity contribution in [3.8, 4) is 0 Å². The summed E-state index contributed by atoms with van der Waals surface area (Å²) in [6.07, 6.45) is 6.04. The van der Waals surface area contributed by atoms with Crippen LogP contribution in [0.2, 0.25) is 0 Å². The predicted molar refractivity (Wildman–Crippen MR) is 91.8 cm³/mol. The van der Waals surface area contributed by atoms with Crippen molar-refractivity contribution in [3.05, 3.63) is 47.0 Å². The smallest absolute Gasteiger partial charge is 0.0165 e. The van der Waals surface area contributed by atoms with Crippen LogP contribution in [-0.2, 0) is 6.42 Å². The van der Waals surface area contributed by atoms with Crippen LogP contribution >= 0.6 is 0 Å². The van der Waals surface area contributed by atoms with Crippen molar-refractivity contribution < 1.29 is 0 Å². The minimum Gasteiger partial charge on any atom is -0.314 e. The van der Waals surface area contributed by atoms with Crippen LogP contribution < -0.4 is 5.32 Å². The molecular weight excluding hydrogens is 256 g/mol. The summed E-state index contributed by atoms with van der Waals surface area (Å²) in [7, 11) is 0. The lowest BCUT2D eigenvalue weighted by Gasteiger charge is -2.31. The molecule has 1 N–H and O–H groups in total. The quantitative estimate of drug-likeness (QED) is 0.804. The molecule has 0 spiro atoms. The Kier molecular flexibility index (Phi) is 6.47. The van der Waals surface area contributed by atoms with Crippen molar-refractivity contribution in [2.75, 3.05) is 26.2 Å². The van der Waals surface area contributed by atoms with Crippen molar-refractivity contribution >= 4 is 0 Å². The summed E-state index contributed by atoms with van der Waals surface area (Å²) in [6, 6.07) is 9.56. The topological polar surface area (TPSA) is 15.3 Å². The highest BCUT2D eigenvalue weighted by atomic mass is 15.1. The Morgan fingerprint density at radius 1 is 1.29 bits per heavy atom. The maximum absolute atomic E-state index is 3.73. The van der Waals surface area contributed by atoms with E-state index in [0.29, 0.717) is 6.04 Å². The van der Waals surface area contributed by atoms with E-state index in [9.17, 15) is 0 Å². The second kappa shape index (κ2) is 8.35. The van der Waals surface area contributed by atoms with Crippen LogP contribution in [0.5, 0.6) is 0 Å². The molecule has 1 saturated heterocycles. The maximum atomic E-state index is 3.73. The molecule has 0 aliphatic carbocycles. The highest BCUT2D eigenvalue weighted by Crippen LogP contribution is 2.11. The van der Waals surface area contributed by atoms with Gasteiger partial charge in [0.15, 0.2) is 0 Å². The number of allylic oxidation sites excluding steroid dienone is 1. The maximum Gasteiger partial charge on any atom is 0.0165 e. The van der Waals surface area contributed by atoms with E-state index < -0.39 is 0 Å². The van der Waals surface area contributed by atoms with Gasteiger partial charge in [-0.25, -0.2) is 0 Å². The van der Waals surface area contributed by atoms with Gasteiger partial charge in [-0.3, -0.25) is 4.90 Å². The third-order valence-corrected chi connectivity index (χ3v) is 4.27. The van der Waals surface area contributed by atoms with Crippen molar-refractivity contribution in [3.63, 3.8) is 0 Å². The fraction of sp³-hybridized carbons (Fsp3) is 0.579. The zero-order chi connectivity index (χ0) is 15.1. The van der Waals surface area contributed by atoms with Crippen LogP contribution in [0.1, 0.15) is 37.8 Å². The number of likely N-dealkylation sites (tertiary alicyclic amines) is 1. The van der Waals surface area contributed by atoms with E-state index in [0.717, 1.165) is 19.5 Å². The third-order valence-electron chi connectivity index (χ3n) is 4.27. The van der Waals surface area contributed by atoms with Crippen molar-refractivity contribution in [2.45, 2.75) is 46.1 Å². The van der Waals surface area contributed by atoms with Gasteiger partial charge in [0, 0.05) is 12.6 Å². The summed E-state index contributed by atoms with van der Waals surface area (Å²) in [5.41, 5.74) is 4.23. The lowest BCUT2D eigenvalue weighted by molar-refractivity contribution is 0.215. The molecule has 0 amide bonds. The van der Waals surface area contributed by atoms with Crippen LogP contribution in [0.15, 0.2) is 35.9 Å². The lowest BCUT2D eigenvalue weighted by Crippen LogP contribution is -2.43. The number of hydrogen-bond donors (Lipinski definition) is 1. The second-order valence-electron chi connectivity index (χ2n) is 6.55. The number of benzene rings is 1. The van der Waals surface area contributed by atoms with Crippen LogP contribution in [-0.4, -0.2) is 37.1 Å². The van der Waals surface area contributed by atoms with Gasteiger partial charge < -0.3 is 5.32 Å². The molecule has 0 aromatic heterocycles. The van der Waals surface area contributed by atoms with E-state index in [1.165, 1.54) is 42.6 Å². The normalized spacial score (nSPS) is 16.9. The molecule has 21 heavy (non-hydrogen) atoms. The Balaban J connectivity index is 1.64. The number of piperidine rings is 1. The van der Waals surface area contributed by atoms with E-state index in [1.54, 1.807) is 0 Å². The second-order valence-corrected chi connectivity index (χ2v) is 6.55. The minimum atomic E-state index is 0.706. The molecule has 1 aromatic carbocycles. The Hall–Kier alpha value is -1.12. The van der Waals surface area contributed by atoms with Gasteiger partial charge in [0.1, 0.15) is 0 Å². The summed E-state index contributed by atoms with van der Waals surface area (Å²) in [6.45, 7) is 11.2. The zero-order valence-corrected chi connectivity index (χ0v) is 13.9. The van der Waals surface area contributed by atoms with Gasteiger partial charge in [-0.1, -0.05) is 41.5 Å². The van der Waals surface area contributed by atoms with Crippen LogP contribution in [0.4, 0.5) is 0 Å². The first-order valence-corrected chi connectivity index (χ1v) is 8.28. The Labute approximate surface area is 130 Å². The summed E-state index contributed by atoms with van der Waals surface area (Å²) in [4.78, 5) is 2.56. The zero-order valence-electron chi connectivity index (χ0n) is 13.9. The molecule has 1 aliphatic heterocycles. The van der Waals surface area contributed by atoms with Gasteiger partial charge in [-0.05, 0) is 65.2 Å². The molecule has 0 bridgehead atoms. The monoisotopic (exact) mass is 286 g/mol. The summed E-state index contributed by atoms with van der Waals surface area (Å²) >= 11 is 0. The fourth-order valence-electron chi connectivity index (χ4n) is 2.92. The molecule has 0 saturated carbocycles. The average molecular weight is 286 g/mol. The Morgan fingerprint density at radius 2 is 2.05 bits per heavy atom.